The summed E-state index contributed by atoms with van der Waals surface area (Å²) in [5, 5.41) is 13.0. The molecule has 0 bridgehead atoms. The van der Waals surface area contributed by atoms with E-state index >= 15 is 0 Å². The summed E-state index contributed by atoms with van der Waals surface area (Å²) in [4.78, 5) is 26.4. The van der Waals surface area contributed by atoms with Crippen LogP contribution in [0.15, 0.2) is 24.3 Å². The summed E-state index contributed by atoms with van der Waals surface area (Å²) in [6.45, 7) is 6.30. The molecule has 1 fully saturated rings. The van der Waals surface area contributed by atoms with Crippen LogP contribution in [0.2, 0.25) is 5.02 Å². The molecule has 1 saturated heterocycles. The van der Waals surface area contributed by atoms with Crippen molar-refractivity contribution < 1.29 is 9.59 Å². The maximum atomic E-state index is 12.4. The van der Waals surface area contributed by atoms with Crippen LogP contribution in [0.5, 0.6) is 0 Å². The number of hydrogen-bond acceptors (Lipinski definition) is 5. The molecule has 1 aliphatic heterocycles. The third kappa shape index (κ3) is 3.88. The predicted octanol–water partition coefficient (Wildman–Crippen LogP) is 4.09. The Morgan fingerprint density at radius 2 is 2.04 bits per heavy atom. The van der Waals surface area contributed by atoms with E-state index in [1.807, 2.05) is 32.9 Å². The second-order valence-electron chi connectivity index (χ2n) is 7.02. The van der Waals surface area contributed by atoms with Gasteiger partial charge in [-0.05, 0) is 30.7 Å². The first-order valence-electron chi connectivity index (χ1n) is 8.51. The van der Waals surface area contributed by atoms with Crippen molar-refractivity contribution in [2.75, 3.05) is 16.8 Å². The highest BCUT2D eigenvalue weighted by molar-refractivity contribution is 7.15. The zero-order chi connectivity index (χ0) is 18.9. The molecule has 8 heteroatoms. The van der Waals surface area contributed by atoms with Gasteiger partial charge < -0.3 is 10.2 Å². The van der Waals surface area contributed by atoms with Crippen molar-refractivity contribution in [2.24, 2.45) is 5.41 Å². The first kappa shape index (κ1) is 18.8. The number of halogens is 1. The van der Waals surface area contributed by atoms with Crippen LogP contribution in [-0.4, -0.2) is 28.6 Å². The first-order chi connectivity index (χ1) is 12.3. The molecule has 1 aliphatic rings. The number of nitrogens with zero attached hydrogens (tertiary/aromatic N) is 3. The molecule has 2 amide bonds. The minimum atomic E-state index is -0.458. The molecule has 2 heterocycles. The van der Waals surface area contributed by atoms with Gasteiger partial charge in [-0.15, -0.1) is 10.2 Å². The van der Waals surface area contributed by atoms with Crippen LogP contribution in [0.3, 0.4) is 0 Å². The lowest BCUT2D eigenvalue weighted by atomic mass is 9.89. The van der Waals surface area contributed by atoms with Crippen molar-refractivity contribution in [1.29, 1.82) is 0 Å². The minimum absolute atomic E-state index is 0.0273. The fourth-order valence-electron chi connectivity index (χ4n) is 2.62. The van der Waals surface area contributed by atoms with Gasteiger partial charge in [0.05, 0.1) is 0 Å². The number of aromatic nitrogens is 2. The third-order valence-corrected chi connectivity index (χ3v) is 6.03. The van der Waals surface area contributed by atoms with Gasteiger partial charge in [-0.2, -0.15) is 0 Å². The van der Waals surface area contributed by atoms with Gasteiger partial charge in [0.15, 0.2) is 0 Å². The molecule has 0 saturated carbocycles. The molecule has 138 valence electrons. The Labute approximate surface area is 161 Å². The Morgan fingerprint density at radius 3 is 2.69 bits per heavy atom. The largest absolute Gasteiger partial charge is 0.312 e. The van der Waals surface area contributed by atoms with Crippen molar-refractivity contribution in [2.45, 2.75) is 39.5 Å². The molecular formula is C18H21ClN4O2S. The van der Waals surface area contributed by atoms with Crippen LogP contribution in [-0.2, 0) is 9.59 Å². The topological polar surface area (TPSA) is 75.2 Å². The van der Waals surface area contributed by atoms with Crippen LogP contribution in [0.25, 0.3) is 0 Å². The van der Waals surface area contributed by atoms with Gasteiger partial charge in [0.2, 0.25) is 16.9 Å². The van der Waals surface area contributed by atoms with Gasteiger partial charge in [-0.1, -0.05) is 43.7 Å². The lowest BCUT2D eigenvalue weighted by molar-refractivity contribution is -0.124. The van der Waals surface area contributed by atoms with Gasteiger partial charge in [-0.3, -0.25) is 9.59 Å². The molecular weight excluding hydrogens is 372 g/mol. The van der Waals surface area contributed by atoms with Crippen molar-refractivity contribution in [3.05, 3.63) is 34.3 Å². The summed E-state index contributed by atoms with van der Waals surface area (Å²) in [5.74, 6) is -0.0567. The second-order valence-corrected chi connectivity index (χ2v) is 8.46. The predicted molar refractivity (Wildman–Crippen MR) is 104 cm³/mol. The molecule has 1 aromatic heterocycles. The summed E-state index contributed by atoms with van der Waals surface area (Å²) in [6.07, 6.45) is 1.11. The summed E-state index contributed by atoms with van der Waals surface area (Å²) >= 11 is 7.24. The van der Waals surface area contributed by atoms with Crippen LogP contribution in [0.1, 0.15) is 44.5 Å². The van der Waals surface area contributed by atoms with E-state index in [-0.39, 0.29) is 17.7 Å². The van der Waals surface area contributed by atoms with Gasteiger partial charge in [0.1, 0.15) is 5.01 Å². The summed E-state index contributed by atoms with van der Waals surface area (Å²) < 4.78 is 0. The molecule has 0 aliphatic carbocycles. The van der Waals surface area contributed by atoms with E-state index in [2.05, 4.69) is 15.5 Å². The highest BCUT2D eigenvalue weighted by Crippen LogP contribution is 2.35. The number of nitrogens with one attached hydrogen (secondary N) is 1. The maximum absolute atomic E-state index is 12.4. The Hall–Kier alpha value is -1.99. The number of carbonyl (C=O) groups is 2. The highest BCUT2D eigenvalue weighted by Gasteiger charge is 2.34. The number of carbonyl (C=O) groups excluding carboxylic acids is 2. The Kier molecular flexibility index (Phi) is 5.29. The molecule has 6 nitrogen and oxygen atoms in total. The van der Waals surface area contributed by atoms with Gasteiger partial charge in [0, 0.05) is 35.0 Å². The normalized spacial score (nSPS) is 17.6. The second kappa shape index (κ2) is 7.32. The van der Waals surface area contributed by atoms with Crippen LogP contribution >= 0.6 is 22.9 Å². The molecule has 1 N–H and O–H groups in total. The van der Waals surface area contributed by atoms with Gasteiger partial charge >= 0.3 is 0 Å². The highest BCUT2D eigenvalue weighted by atomic mass is 35.5. The maximum Gasteiger partial charge on any atom is 0.231 e. The molecule has 1 unspecified atom stereocenters. The third-order valence-electron chi connectivity index (χ3n) is 4.77. The molecule has 1 aromatic carbocycles. The molecule has 0 spiro atoms. The van der Waals surface area contributed by atoms with Gasteiger partial charge in [0.25, 0.3) is 0 Å². The van der Waals surface area contributed by atoms with Crippen molar-refractivity contribution in [3.8, 4) is 0 Å². The summed E-state index contributed by atoms with van der Waals surface area (Å²) in [6, 6.07) is 7.21. The first-order valence-corrected chi connectivity index (χ1v) is 9.70. The van der Waals surface area contributed by atoms with E-state index in [1.54, 1.807) is 17.0 Å². The standard InChI is InChI=1S/C18H21ClN4O2S/c1-4-18(2,3)16(25)20-17-22-21-15(26-17)11-9-14(24)23(10-11)13-7-5-12(19)6-8-13/h5-8,11H,4,9-10H2,1-3H3,(H,20,22,25). The monoisotopic (exact) mass is 392 g/mol. The zero-order valence-electron chi connectivity index (χ0n) is 15.0. The number of benzene rings is 1. The fourth-order valence-corrected chi connectivity index (χ4v) is 3.58. The summed E-state index contributed by atoms with van der Waals surface area (Å²) in [7, 11) is 0. The molecule has 0 radical (unpaired) electrons. The Morgan fingerprint density at radius 1 is 1.35 bits per heavy atom. The van der Waals surface area contributed by atoms with Crippen LogP contribution in [0.4, 0.5) is 10.8 Å². The minimum Gasteiger partial charge on any atom is -0.312 e. The fraction of sp³-hybridized carbons (Fsp3) is 0.444. The average molecular weight is 393 g/mol. The lowest BCUT2D eigenvalue weighted by Crippen LogP contribution is -2.29. The molecule has 2 aromatic rings. The SMILES string of the molecule is CCC(C)(C)C(=O)Nc1nnc(C2CC(=O)N(c3ccc(Cl)cc3)C2)s1. The zero-order valence-corrected chi connectivity index (χ0v) is 16.5. The number of hydrogen-bond donors (Lipinski definition) is 1. The van der Waals surface area contributed by atoms with E-state index in [0.717, 1.165) is 17.1 Å². The number of anilines is 2. The van der Waals surface area contributed by atoms with E-state index in [1.165, 1.54) is 11.3 Å². The average Bonchev–Trinajstić information content (AvgIpc) is 3.22. The summed E-state index contributed by atoms with van der Waals surface area (Å²) in [5.41, 5.74) is 0.366. The van der Waals surface area contributed by atoms with E-state index < -0.39 is 5.41 Å². The van der Waals surface area contributed by atoms with Crippen molar-refractivity contribution in [3.63, 3.8) is 0 Å². The number of rotatable bonds is 5. The molecule has 1 atom stereocenters. The van der Waals surface area contributed by atoms with E-state index in [9.17, 15) is 9.59 Å². The molecule has 26 heavy (non-hydrogen) atoms. The van der Waals surface area contributed by atoms with Crippen LogP contribution in [0, 0.1) is 5.41 Å². The van der Waals surface area contributed by atoms with E-state index in [0.29, 0.717) is 23.1 Å². The Bertz CT molecular complexity index is 819. The van der Waals surface area contributed by atoms with Crippen molar-refractivity contribution >= 4 is 45.6 Å². The molecule has 3 rings (SSSR count). The van der Waals surface area contributed by atoms with E-state index in [4.69, 9.17) is 11.6 Å². The van der Waals surface area contributed by atoms with Crippen molar-refractivity contribution in [1.82, 2.24) is 10.2 Å². The Balaban J connectivity index is 1.69. The van der Waals surface area contributed by atoms with Crippen LogP contribution < -0.4 is 10.2 Å². The lowest BCUT2D eigenvalue weighted by Gasteiger charge is -2.20. The smallest absolute Gasteiger partial charge is 0.231 e. The number of amides is 2. The van der Waals surface area contributed by atoms with Gasteiger partial charge in [-0.25, -0.2) is 0 Å². The quantitative estimate of drug-likeness (QED) is 0.831.